The Morgan fingerprint density at radius 1 is 1.22 bits per heavy atom. The van der Waals surface area contributed by atoms with E-state index in [4.69, 9.17) is 0 Å². The van der Waals surface area contributed by atoms with Crippen LogP contribution in [0, 0.1) is 17.7 Å². The van der Waals surface area contributed by atoms with Crippen LogP contribution in [0.4, 0.5) is 4.39 Å². The van der Waals surface area contributed by atoms with E-state index in [0.29, 0.717) is 11.8 Å². The van der Waals surface area contributed by atoms with Crippen molar-refractivity contribution in [2.24, 2.45) is 11.8 Å². The highest BCUT2D eigenvalue weighted by atomic mass is 19.1. The summed E-state index contributed by atoms with van der Waals surface area (Å²) >= 11 is 0. The summed E-state index contributed by atoms with van der Waals surface area (Å²) in [4.78, 5) is 0. The molecule has 0 bridgehead atoms. The molecule has 1 N–H and O–H groups in total. The molecule has 0 spiro atoms. The third-order valence-electron chi connectivity index (χ3n) is 3.10. The molecule has 1 atom stereocenters. The minimum absolute atomic E-state index is 0.127. The third-order valence-corrected chi connectivity index (χ3v) is 3.10. The Labute approximate surface area is 111 Å². The summed E-state index contributed by atoms with van der Waals surface area (Å²) in [7, 11) is 0. The maximum absolute atomic E-state index is 13.1. The number of rotatable bonds is 8. The molecule has 1 aromatic rings. The van der Waals surface area contributed by atoms with Crippen LogP contribution in [0.25, 0.3) is 0 Å². The van der Waals surface area contributed by atoms with Gasteiger partial charge in [-0.1, -0.05) is 39.3 Å². The number of hydrogen-bond acceptors (Lipinski definition) is 1. The molecule has 0 aliphatic heterocycles. The van der Waals surface area contributed by atoms with Crippen molar-refractivity contribution in [2.45, 2.75) is 40.0 Å². The van der Waals surface area contributed by atoms with E-state index in [2.05, 4.69) is 26.1 Å². The summed E-state index contributed by atoms with van der Waals surface area (Å²) in [5.41, 5.74) is 1.11. The third kappa shape index (κ3) is 6.15. The maximum atomic E-state index is 13.1. The van der Waals surface area contributed by atoms with Crippen molar-refractivity contribution < 1.29 is 4.39 Å². The molecule has 2 heteroatoms. The Balaban J connectivity index is 2.46. The fourth-order valence-corrected chi connectivity index (χ4v) is 2.26. The average Bonchev–Trinajstić information content (AvgIpc) is 2.28. The maximum Gasteiger partial charge on any atom is 0.123 e. The molecule has 1 nitrogen and oxygen atoms in total. The van der Waals surface area contributed by atoms with Gasteiger partial charge in [0.15, 0.2) is 0 Å². The van der Waals surface area contributed by atoms with Crippen LogP contribution >= 0.6 is 0 Å². The van der Waals surface area contributed by atoms with Gasteiger partial charge in [0.25, 0.3) is 0 Å². The van der Waals surface area contributed by atoms with E-state index >= 15 is 0 Å². The summed E-state index contributed by atoms with van der Waals surface area (Å²) in [6, 6.07) is 6.99. The molecule has 1 unspecified atom stereocenters. The second-order valence-corrected chi connectivity index (χ2v) is 5.54. The van der Waals surface area contributed by atoms with E-state index in [-0.39, 0.29) is 5.82 Å². The highest BCUT2D eigenvalue weighted by Crippen LogP contribution is 2.14. The molecule has 1 rings (SSSR count). The lowest BCUT2D eigenvalue weighted by molar-refractivity contribution is 0.420. The second-order valence-electron chi connectivity index (χ2n) is 5.54. The molecule has 0 radical (unpaired) electrons. The van der Waals surface area contributed by atoms with E-state index in [1.165, 1.54) is 18.9 Å². The number of benzene rings is 1. The lowest BCUT2D eigenvalue weighted by Gasteiger charge is -2.18. The first-order chi connectivity index (χ1) is 8.61. The van der Waals surface area contributed by atoms with Crippen molar-refractivity contribution in [3.8, 4) is 0 Å². The molecule has 0 amide bonds. The fraction of sp³-hybridized carbons (Fsp3) is 0.625. The van der Waals surface area contributed by atoms with Gasteiger partial charge >= 0.3 is 0 Å². The van der Waals surface area contributed by atoms with Crippen LogP contribution in [0.2, 0.25) is 0 Å². The van der Waals surface area contributed by atoms with Gasteiger partial charge in [0.05, 0.1) is 0 Å². The molecule has 102 valence electrons. The quantitative estimate of drug-likeness (QED) is 0.735. The summed E-state index contributed by atoms with van der Waals surface area (Å²) in [6.07, 6.45) is 3.35. The largest absolute Gasteiger partial charge is 0.316 e. The van der Waals surface area contributed by atoms with Crippen molar-refractivity contribution in [2.75, 3.05) is 13.1 Å². The fourth-order valence-electron chi connectivity index (χ4n) is 2.26. The smallest absolute Gasteiger partial charge is 0.123 e. The van der Waals surface area contributed by atoms with Crippen LogP contribution in [-0.4, -0.2) is 13.1 Å². The van der Waals surface area contributed by atoms with Crippen LogP contribution < -0.4 is 5.32 Å². The van der Waals surface area contributed by atoms with Gasteiger partial charge in [-0.2, -0.15) is 0 Å². The SMILES string of the molecule is CCCC(CNCC(C)C)Cc1cccc(F)c1. The Morgan fingerprint density at radius 3 is 2.61 bits per heavy atom. The molecular weight excluding hydrogens is 225 g/mol. The Hall–Kier alpha value is -0.890. The molecule has 0 saturated heterocycles. The van der Waals surface area contributed by atoms with Gasteiger partial charge < -0.3 is 5.32 Å². The van der Waals surface area contributed by atoms with Crippen molar-refractivity contribution >= 4 is 0 Å². The zero-order valence-electron chi connectivity index (χ0n) is 11.9. The van der Waals surface area contributed by atoms with Crippen LogP contribution in [-0.2, 0) is 6.42 Å². The molecule has 0 saturated carbocycles. The van der Waals surface area contributed by atoms with Crippen molar-refractivity contribution in [1.82, 2.24) is 5.32 Å². The van der Waals surface area contributed by atoms with E-state index in [9.17, 15) is 4.39 Å². The molecule has 0 aliphatic rings. The van der Waals surface area contributed by atoms with Gasteiger partial charge in [0.1, 0.15) is 5.82 Å². The molecule has 0 aromatic heterocycles. The monoisotopic (exact) mass is 251 g/mol. The molecule has 18 heavy (non-hydrogen) atoms. The molecular formula is C16H26FN. The second kappa shape index (κ2) is 8.25. The first kappa shape index (κ1) is 15.2. The molecule has 1 aromatic carbocycles. The predicted octanol–water partition coefficient (Wildman–Crippen LogP) is 4.03. The molecule has 0 aliphatic carbocycles. The van der Waals surface area contributed by atoms with Crippen molar-refractivity contribution in [3.63, 3.8) is 0 Å². The first-order valence-electron chi connectivity index (χ1n) is 7.07. The average molecular weight is 251 g/mol. The number of hydrogen-bond donors (Lipinski definition) is 1. The highest BCUT2D eigenvalue weighted by molar-refractivity contribution is 5.16. The lowest BCUT2D eigenvalue weighted by atomic mass is 9.95. The summed E-state index contributed by atoms with van der Waals surface area (Å²) in [6.45, 7) is 8.73. The number of halogens is 1. The minimum Gasteiger partial charge on any atom is -0.316 e. The van der Waals surface area contributed by atoms with Gasteiger partial charge in [0.2, 0.25) is 0 Å². The van der Waals surface area contributed by atoms with Gasteiger partial charge in [-0.3, -0.25) is 0 Å². The van der Waals surface area contributed by atoms with Gasteiger partial charge in [-0.25, -0.2) is 4.39 Å². The van der Waals surface area contributed by atoms with E-state index in [1.807, 2.05) is 6.07 Å². The highest BCUT2D eigenvalue weighted by Gasteiger charge is 2.09. The summed E-state index contributed by atoms with van der Waals surface area (Å²) < 4.78 is 13.1. The van der Waals surface area contributed by atoms with Crippen molar-refractivity contribution in [1.29, 1.82) is 0 Å². The number of nitrogens with one attached hydrogen (secondary N) is 1. The van der Waals surface area contributed by atoms with Crippen LogP contribution in [0.15, 0.2) is 24.3 Å². The van der Waals surface area contributed by atoms with E-state index in [0.717, 1.165) is 25.1 Å². The zero-order valence-corrected chi connectivity index (χ0v) is 11.9. The van der Waals surface area contributed by atoms with Crippen LogP contribution in [0.3, 0.4) is 0 Å². The van der Waals surface area contributed by atoms with Gasteiger partial charge in [0, 0.05) is 0 Å². The first-order valence-corrected chi connectivity index (χ1v) is 7.07. The zero-order chi connectivity index (χ0) is 13.4. The summed E-state index contributed by atoms with van der Waals surface area (Å²) in [5, 5.41) is 3.51. The lowest BCUT2D eigenvalue weighted by Crippen LogP contribution is -2.27. The minimum atomic E-state index is -0.127. The van der Waals surface area contributed by atoms with Gasteiger partial charge in [-0.15, -0.1) is 0 Å². The molecule has 0 fully saturated rings. The predicted molar refractivity (Wildman–Crippen MR) is 76.2 cm³/mol. The van der Waals surface area contributed by atoms with E-state index in [1.54, 1.807) is 12.1 Å². The summed E-state index contributed by atoms with van der Waals surface area (Å²) in [5.74, 6) is 1.16. The van der Waals surface area contributed by atoms with Gasteiger partial charge in [-0.05, 0) is 55.5 Å². The Bertz CT molecular complexity index is 336. The molecule has 0 heterocycles. The topological polar surface area (TPSA) is 12.0 Å². The Morgan fingerprint density at radius 2 is 2.00 bits per heavy atom. The van der Waals surface area contributed by atoms with Crippen molar-refractivity contribution in [3.05, 3.63) is 35.6 Å². The standard InChI is InChI=1S/C16H26FN/c1-4-6-15(12-18-11-13(2)3)9-14-7-5-8-16(17)10-14/h5,7-8,10,13,15,18H,4,6,9,11-12H2,1-3H3. The normalized spacial score (nSPS) is 12.9. The van der Waals surface area contributed by atoms with E-state index < -0.39 is 0 Å². The van der Waals surface area contributed by atoms with Crippen LogP contribution in [0.1, 0.15) is 39.2 Å². The Kier molecular flexibility index (Phi) is 6.96. The van der Waals surface area contributed by atoms with Crippen LogP contribution in [0.5, 0.6) is 0 Å².